The highest BCUT2D eigenvalue weighted by Gasteiger charge is 2.23. The van der Waals surface area contributed by atoms with Crippen molar-refractivity contribution in [3.63, 3.8) is 0 Å². The number of unbranched alkanes of at least 4 members (excludes halogenated alkanes) is 18. The lowest BCUT2D eigenvalue weighted by Gasteiger charge is -2.22. The summed E-state index contributed by atoms with van der Waals surface area (Å²) in [5.41, 5.74) is 3.18. The SMILES string of the molecule is CCCCCCCCCCCCOc1ccc(C=N[C@@H](c2ccccc2)[C@@H](N=Cc2ccc(OCCCCCCCCCCCC)cc2O)c2ccccc2)c(O)c1. The lowest BCUT2D eigenvalue weighted by Crippen LogP contribution is -2.09. The Morgan fingerprint density at radius 2 is 0.759 bits per heavy atom. The van der Waals surface area contributed by atoms with E-state index in [0.717, 1.165) is 36.8 Å². The summed E-state index contributed by atoms with van der Waals surface area (Å²) in [4.78, 5) is 10.1. The summed E-state index contributed by atoms with van der Waals surface area (Å²) in [6, 6.07) is 30.2. The van der Waals surface area contributed by atoms with E-state index in [1.807, 2.05) is 60.7 Å². The fourth-order valence-corrected chi connectivity index (χ4v) is 7.33. The van der Waals surface area contributed by atoms with Crippen LogP contribution in [0.5, 0.6) is 23.0 Å². The summed E-state index contributed by atoms with van der Waals surface area (Å²) in [5, 5.41) is 22.0. The van der Waals surface area contributed by atoms with Crippen molar-refractivity contribution in [1.29, 1.82) is 0 Å². The van der Waals surface area contributed by atoms with Gasteiger partial charge in [-0.2, -0.15) is 0 Å². The van der Waals surface area contributed by atoms with Gasteiger partial charge in [-0.25, -0.2) is 0 Å². The summed E-state index contributed by atoms with van der Waals surface area (Å²) in [7, 11) is 0. The molecule has 58 heavy (non-hydrogen) atoms. The topological polar surface area (TPSA) is 83.6 Å². The molecule has 0 heterocycles. The highest BCUT2D eigenvalue weighted by molar-refractivity contribution is 5.85. The number of benzene rings is 4. The zero-order valence-corrected chi connectivity index (χ0v) is 35.7. The minimum Gasteiger partial charge on any atom is -0.507 e. The molecule has 4 aromatic carbocycles. The van der Waals surface area contributed by atoms with Crippen LogP contribution in [0.1, 0.15) is 177 Å². The molecule has 2 N–H and O–H groups in total. The van der Waals surface area contributed by atoms with Gasteiger partial charge in [0, 0.05) is 35.7 Å². The molecule has 0 fully saturated rings. The number of aliphatic imine (C=N–C) groups is 2. The van der Waals surface area contributed by atoms with Crippen molar-refractivity contribution in [3.8, 4) is 23.0 Å². The standard InChI is InChI=1S/C52H72N2O4/c1-3-5-7-9-11-13-15-17-19-27-37-57-47-35-33-45(49(55)39-47)41-53-51(43-29-23-21-24-30-43)52(44-31-25-22-26-32-44)54-42-46-34-36-48(40-50(46)56)58-38-28-20-18-16-14-12-10-8-6-4-2/h21-26,29-36,39-42,51-52,55-56H,3-20,27-28,37-38H2,1-2H3/t51-,52-/m0/s1. The average Bonchev–Trinajstić information content (AvgIpc) is 3.24. The van der Waals surface area contributed by atoms with Crippen molar-refractivity contribution in [2.24, 2.45) is 9.98 Å². The van der Waals surface area contributed by atoms with Gasteiger partial charge in [0.25, 0.3) is 0 Å². The Morgan fingerprint density at radius 3 is 1.09 bits per heavy atom. The molecule has 0 spiro atoms. The molecule has 314 valence electrons. The first-order valence-corrected chi connectivity index (χ1v) is 22.7. The first-order chi connectivity index (χ1) is 28.6. The molecule has 0 aliphatic carbocycles. The van der Waals surface area contributed by atoms with Gasteiger partial charge in [0.05, 0.1) is 13.2 Å². The molecule has 0 saturated carbocycles. The summed E-state index contributed by atoms with van der Waals surface area (Å²) in [5.74, 6) is 1.56. The molecule has 0 saturated heterocycles. The predicted molar refractivity (Wildman–Crippen MR) is 244 cm³/mol. The number of phenols is 2. The second kappa shape index (κ2) is 28.8. The molecule has 0 aliphatic heterocycles. The molecule has 0 aromatic heterocycles. The van der Waals surface area contributed by atoms with Crippen LogP contribution in [0.4, 0.5) is 0 Å². The van der Waals surface area contributed by atoms with Crippen molar-refractivity contribution in [2.45, 2.75) is 154 Å². The quantitative estimate of drug-likeness (QED) is 0.0393. The number of phenolic OH excluding ortho intramolecular Hbond substituents is 2. The van der Waals surface area contributed by atoms with Gasteiger partial charge in [0.15, 0.2) is 0 Å². The van der Waals surface area contributed by atoms with Crippen LogP contribution in [0, 0.1) is 0 Å². The van der Waals surface area contributed by atoms with Crippen molar-refractivity contribution >= 4 is 12.4 Å². The molecule has 2 atom stereocenters. The van der Waals surface area contributed by atoms with Crippen LogP contribution in [0.3, 0.4) is 0 Å². The maximum atomic E-state index is 11.0. The maximum Gasteiger partial charge on any atom is 0.128 e. The normalized spacial score (nSPS) is 12.7. The van der Waals surface area contributed by atoms with Crippen LogP contribution in [0.2, 0.25) is 0 Å². The summed E-state index contributed by atoms with van der Waals surface area (Å²) in [6.07, 6.45) is 29.0. The first-order valence-electron chi connectivity index (χ1n) is 22.7. The number of hydrogen-bond donors (Lipinski definition) is 2. The molecule has 4 rings (SSSR count). The minimum atomic E-state index is -0.405. The zero-order valence-electron chi connectivity index (χ0n) is 35.7. The monoisotopic (exact) mass is 789 g/mol. The molecule has 0 aliphatic rings. The van der Waals surface area contributed by atoms with Crippen LogP contribution < -0.4 is 9.47 Å². The minimum absolute atomic E-state index is 0.122. The first kappa shape index (κ1) is 46.1. The van der Waals surface area contributed by atoms with E-state index in [9.17, 15) is 10.2 Å². The van der Waals surface area contributed by atoms with Crippen molar-refractivity contribution < 1.29 is 19.7 Å². The van der Waals surface area contributed by atoms with Crippen LogP contribution in [0.15, 0.2) is 107 Å². The summed E-state index contributed by atoms with van der Waals surface area (Å²) < 4.78 is 12.0. The number of aromatic hydroxyl groups is 2. The van der Waals surface area contributed by atoms with E-state index in [-0.39, 0.29) is 11.5 Å². The lowest BCUT2D eigenvalue weighted by atomic mass is 9.94. The van der Waals surface area contributed by atoms with Gasteiger partial charge in [-0.3, -0.25) is 9.98 Å². The molecule has 4 aromatic rings. The zero-order chi connectivity index (χ0) is 40.9. The van der Waals surface area contributed by atoms with Gasteiger partial charge in [0.1, 0.15) is 35.1 Å². The molecular weight excluding hydrogens is 717 g/mol. The van der Waals surface area contributed by atoms with E-state index < -0.39 is 12.1 Å². The third kappa shape index (κ3) is 17.9. The van der Waals surface area contributed by atoms with Gasteiger partial charge < -0.3 is 19.7 Å². The maximum absolute atomic E-state index is 11.0. The Labute approximate surface area is 350 Å². The molecule has 6 nitrogen and oxygen atoms in total. The lowest BCUT2D eigenvalue weighted by molar-refractivity contribution is 0.302. The van der Waals surface area contributed by atoms with Crippen molar-refractivity contribution in [1.82, 2.24) is 0 Å². The van der Waals surface area contributed by atoms with Gasteiger partial charge in [-0.1, -0.05) is 190 Å². The Balaban J connectivity index is 1.35. The highest BCUT2D eigenvalue weighted by Crippen LogP contribution is 2.36. The summed E-state index contributed by atoms with van der Waals surface area (Å²) in [6.45, 7) is 5.80. The van der Waals surface area contributed by atoms with E-state index in [1.54, 1.807) is 24.6 Å². The van der Waals surface area contributed by atoms with E-state index >= 15 is 0 Å². The Hall–Kier alpha value is -4.58. The second-order valence-corrected chi connectivity index (χ2v) is 15.8. The number of ether oxygens (including phenoxy) is 2. The van der Waals surface area contributed by atoms with E-state index in [0.29, 0.717) is 35.8 Å². The number of nitrogens with zero attached hydrogens (tertiary/aromatic N) is 2. The number of hydrogen-bond acceptors (Lipinski definition) is 6. The number of rotatable bonds is 31. The van der Waals surface area contributed by atoms with Crippen molar-refractivity contribution in [3.05, 3.63) is 119 Å². The summed E-state index contributed by atoms with van der Waals surface area (Å²) >= 11 is 0. The van der Waals surface area contributed by atoms with E-state index in [1.165, 1.54) is 103 Å². The fourth-order valence-electron chi connectivity index (χ4n) is 7.33. The van der Waals surface area contributed by atoms with Crippen molar-refractivity contribution in [2.75, 3.05) is 13.2 Å². The van der Waals surface area contributed by atoms with Gasteiger partial charge >= 0.3 is 0 Å². The molecular formula is C52H72N2O4. The van der Waals surface area contributed by atoms with E-state index in [2.05, 4.69) is 38.1 Å². The van der Waals surface area contributed by atoms with Gasteiger partial charge in [0.2, 0.25) is 0 Å². The van der Waals surface area contributed by atoms with Crippen LogP contribution in [-0.4, -0.2) is 35.9 Å². The second-order valence-electron chi connectivity index (χ2n) is 15.8. The Bertz CT molecular complexity index is 1580. The van der Waals surface area contributed by atoms with Gasteiger partial charge in [-0.05, 0) is 48.2 Å². The third-order valence-corrected chi connectivity index (χ3v) is 10.9. The molecule has 0 amide bonds. The van der Waals surface area contributed by atoms with E-state index in [4.69, 9.17) is 19.5 Å². The Kier molecular flexibility index (Phi) is 22.9. The largest absolute Gasteiger partial charge is 0.507 e. The van der Waals surface area contributed by atoms with Gasteiger partial charge in [-0.15, -0.1) is 0 Å². The molecule has 6 heteroatoms. The Morgan fingerprint density at radius 1 is 0.431 bits per heavy atom. The molecule has 0 unspecified atom stereocenters. The van der Waals surface area contributed by atoms with Crippen LogP contribution in [-0.2, 0) is 0 Å². The molecule has 0 bridgehead atoms. The molecule has 0 radical (unpaired) electrons. The predicted octanol–water partition coefficient (Wildman–Crippen LogP) is 14.7. The van der Waals surface area contributed by atoms with Crippen LogP contribution >= 0.6 is 0 Å². The highest BCUT2D eigenvalue weighted by atomic mass is 16.5. The fraction of sp³-hybridized carbons (Fsp3) is 0.500. The smallest absolute Gasteiger partial charge is 0.128 e. The van der Waals surface area contributed by atoms with Crippen LogP contribution in [0.25, 0.3) is 0 Å². The average molecular weight is 789 g/mol. The third-order valence-electron chi connectivity index (χ3n) is 10.9.